The number of likely N-dealkylation sites (tertiary alicyclic amines) is 1. The van der Waals surface area contributed by atoms with E-state index in [9.17, 15) is 4.79 Å². The maximum Gasteiger partial charge on any atom is 0.235 e. The maximum atomic E-state index is 12.7. The van der Waals surface area contributed by atoms with Gasteiger partial charge in [0.25, 0.3) is 0 Å². The second-order valence-corrected chi connectivity index (χ2v) is 7.37. The predicted octanol–water partition coefficient (Wildman–Crippen LogP) is 2.74. The van der Waals surface area contributed by atoms with Gasteiger partial charge in [-0.05, 0) is 31.9 Å². The van der Waals surface area contributed by atoms with Crippen LogP contribution in [0.3, 0.4) is 0 Å². The van der Waals surface area contributed by atoms with Crippen LogP contribution in [0.4, 0.5) is 0 Å². The molecule has 3 rings (SSSR count). The van der Waals surface area contributed by atoms with Crippen LogP contribution >= 0.6 is 23.4 Å². The SMILES string of the molecule is C[C@H](Sc1ccccc1Cl)C(=O)N1CCC[C@H](c2nn[nH]n2)C1. The summed E-state index contributed by atoms with van der Waals surface area (Å²) in [5, 5.41) is 14.7. The zero-order valence-electron chi connectivity index (χ0n) is 12.8. The molecule has 1 saturated heterocycles. The standard InChI is InChI=1S/C15H18ClN5OS/c1-10(23-13-7-3-2-6-12(13)16)15(22)21-8-4-5-11(9-21)14-17-19-20-18-14/h2-3,6-7,10-11H,4-5,8-9H2,1H3,(H,17,18,19,20)/t10-,11-/m0/s1. The Kier molecular flexibility index (Phi) is 5.17. The van der Waals surface area contributed by atoms with Gasteiger partial charge in [-0.2, -0.15) is 5.21 Å². The van der Waals surface area contributed by atoms with Gasteiger partial charge < -0.3 is 4.90 Å². The molecule has 1 aromatic heterocycles. The topological polar surface area (TPSA) is 74.8 Å². The third kappa shape index (κ3) is 3.84. The molecule has 0 bridgehead atoms. The number of thioether (sulfide) groups is 1. The van der Waals surface area contributed by atoms with Crippen molar-refractivity contribution in [3.63, 3.8) is 0 Å². The Hall–Kier alpha value is -1.60. The van der Waals surface area contributed by atoms with Gasteiger partial charge in [0.15, 0.2) is 5.82 Å². The van der Waals surface area contributed by atoms with Crippen molar-refractivity contribution in [1.29, 1.82) is 0 Å². The highest BCUT2D eigenvalue weighted by atomic mass is 35.5. The molecular formula is C15H18ClN5OS. The Morgan fingerprint density at radius 2 is 2.30 bits per heavy atom. The zero-order chi connectivity index (χ0) is 16.2. The van der Waals surface area contributed by atoms with Crippen molar-refractivity contribution in [1.82, 2.24) is 25.5 Å². The highest BCUT2D eigenvalue weighted by Gasteiger charge is 2.30. The smallest absolute Gasteiger partial charge is 0.235 e. The summed E-state index contributed by atoms with van der Waals surface area (Å²) in [7, 11) is 0. The normalized spacial score (nSPS) is 19.6. The average Bonchev–Trinajstić information content (AvgIpc) is 3.11. The minimum atomic E-state index is -0.182. The maximum absolute atomic E-state index is 12.7. The Bertz CT molecular complexity index is 666. The first kappa shape index (κ1) is 16.3. The van der Waals surface area contributed by atoms with Crippen LogP contribution in [0.25, 0.3) is 0 Å². The summed E-state index contributed by atoms with van der Waals surface area (Å²) in [5.74, 6) is 0.973. The molecule has 1 amide bonds. The van der Waals surface area contributed by atoms with Gasteiger partial charge in [-0.15, -0.1) is 22.0 Å². The number of H-pyrrole nitrogens is 1. The summed E-state index contributed by atoms with van der Waals surface area (Å²) in [4.78, 5) is 15.6. The summed E-state index contributed by atoms with van der Waals surface area (Å²) in [5.41, 5.74) is 0. The zero-order valence-corrected chi connectivity index (χ0v) is 14.3. The van der Waals surface area contributed by atoms with Gasteiger partial charge in [-0.3, -0.25) is 4.79 Å². The molecule has 8 heteroatoms. The third-order valence-corrected chi connectivity index (χ3v) is 5.55. The fourth-order valence-electron chi connectivity index (χ4n) is 2.77. The molecule has 1 aliphatic rings. The van der Waals surface area contributed by atoms with Crippen molar-refractivity contribution in [3.05, 3.63) is 35.1 Å². The van der Waals surface area contributed by atoms with Gasteiger partial charge in [-0.1, -0.05) is 28.9 Å². The van der Waals surface area contributed by atoms with Crippen molar-refractivity contribution in [2.75, 3.05) is 13.1 Å². The molecule has 0 spiro atoms. The highest BCUT2D eigenvalue weighted by Crippen LogP contribution is 2.32. The van der Waals surface area contributed by atoms with E-state index < -0.39 is 0 Å². The van der Waals surface area contributed by atoms with E-state index in [1.807, 2.05) is 36.1 Å². The molecule has 23 heavy (non-hydrogen) atoms. The number of nitrogens with one attached hydrogen (secondary N) is 1. The molecule has 1 aromatic carbocycles. The van der Waals surface area contributed by atoms with Crippen molar-refractivity contribution in [2.45, 2.75) is 35.8 Å². The minimum absolute atomic E-state index is 0.128. The number of aromatic nitrogens is 4. The molecule has 0 saturated carbocycles. The first-order valence-corrected chi connectivity index (χ1v) is 8.84. The number of tetrazole rings is 1. The number of hydrogen-bond donors (Lipinski definition) is 1. The van der Waals surface area contributed by atoms with Gasteiger partial charge in [0.1, 0.15) is 0 Å². The van der Waals surface area contributed by atoms with Crippen LogP contribution in [0.1, 0.15) is 31.5 Å². The monoisotopic (exact) mass is 351 g/mol. The van der Waals surface area contributed by atoms with Gasteiger partial charge >= 0.3 is 0 Å². The van der Waals surface area contributed by atoms with Crippen LogP contribution in [0.2, 0.25) is 5.02 Å². The largest absolute Gasteiger partial charge is 0.341 e. The van der Waals surface area contributed by atoms with Crippen LogP contribution in [-0.2, 0) is 4.79 Å². The molecule has 1 fully saturated rings. The number of aromatic amines is 1. The number of carbonyl (C=O) groups excluding carboxylic acids is 1. The van der Waals surface area contributed by atoms with E-state index in [2.05, 4.69) is 20.6 Å². The first-order valence-electron chi connectivity index (χ1n) is 7.58. The van der Waals surface area contributed by atoms with Crippen molar-refractivity contribution in [2.24, 2.45) is 0 Å². The molecule has 0 radical (unpaired) electrons. The van der Waals surface area contributed by atoms with E-state index in [0.717, 1.165) is 24.3 Å². The minimum Gasteiger partial charge on any atom is -0.341 e. The van der Waals surface area contributed by atoms with E-state index >= 15 is 0 Å². The Balaban J connectivity index is 1.64. The lowest BCUT2D eigenvalue weighted by Gasteiger charge is -2.33. The number of rotatable bonds is 4. The first-order chi connectivity index (χ1) is 11.1. The van der Waals surface area contributed by atoms with Crippen molar-refractivity contribution < 1.29 is 4.79 Å². The third-order valence-electron chi connectivity index (χ3n) is 3.95. The van der Waals surface area contributed by atoms with Gasteiger partial charge in [-0.25, -0.2) is 0 Å². The van der Waals surface area contributed by atoms with Crippen LogP contribution in [0, 0.1) is 0 Å². The molecule has 0 unspecified atom stereocenters. The Labute approximate surface area is 144 Å². The molecule has 2 aromatic rings. The van der Waals surface area contributed by atoms with Crippen molar-refractivity contribution in [3.8, 4) is 0 Å². The van der Waals surface area contributed by atoms with Crippen LogP contribution < -0.4 is 0 Å². The van der Waals surface area contributed by atoms with E-state index in [0.29, 0.717) is 17.4 Å². The lowest BCUT2D eigenvalue weighted by Crippen LogP contribution is -2.42. The Morgan fingerprint density at radius 3 is 3.04 bits per heavy atom. The van der Waals surface area contributed by atoms with E-state index in [-0.39, 0.29) is 17.1 Å². The fourth-order valence-corrected chi connectivity index (χ4v) is 4.01. The summed E-state index contributed by atoms with van der Waals surface area (Å²) < 4.78 is 0. The number of hydrogen-bond acceptors (Lipinski definition) is 5. The predicted molar refractivity (Wildman–Crippen MR) is 89.5 cm³/mol. The number of halogens is 1. The number of nitrogens with zero attached hydrogens (tertiary/aromatic N) is 4. The molecule has 6 nitrogen and oxygen atoms in total. The quantitative estimate of drug-likeness (QED) is 0.857. The van der Waals surface area contributed by atoms with E-state index in [1.165, 1.54) is 11.8 Å². The van der Waals surface area contributed by atoms with Crippen LogP contribution in [0.5, 0.6) is 0 Å². The van der Waals surface area contributed by atoms with Gasteiger partial charge in [0.2, 0.25) is 5.91 Å². The van der Waals surface area contributed by atoms with Gasteiger partial charge in [0, 0.05) is 23.9 Å². The average molecular weight is 352 g/mol. The second kappa shape index (κ2) is 7.31. The number of carbonyl (C=O) groups is 1. The molecule has 1 aliphatic heterocycles. The molecule has 2 heterocycles. The van der Waals surface area contributed by atoms with E-state index in [4.69, 9.17) is 11.6 Å². The fraction of sp³-hybridized carbons (Fsp3) is 0.467. The second-order valence-electron chi connectivity index (χ2n) is 5.58. The van der Waals surface area contributed by atoms with Gasteiger partial charge in [0.05, 0.1) is 10.3 Å². The molecular weight excluding hydrogens is 334 g/mol. The summed E-state index contributed by atoms with van der Waals surface area (Å²) >= 11 is 7.67. The summed E-state index contributed by atoms with van der Waals surface area (Å²) in [6.07, 6.45) is 1.93. The molecule has 1 N–H and O–H groups in total. The molecule has 2 atom stereocenters. The van der Waals surface area contributed by atoms with Crippen LogP contribution in [-0.4, -0.2) is 49.8 Å². The summed E-state index contributed by atoms with van der Waals surface area (Å²) in [6.45, 7) is 3.35. The number of benzene rings is 1. The lowest BCUT2D eigenvalue weighted by atomic mass is 9.97. The lowest BCUT2D eigenvalue weighted by molar-refractivity contribution is -0.131. The Morgan fingerprint density at radius 1 is 1.48 bits per heavy atom. The molecule has 122 valence electrons. The number of piperidine rings is 1. The van der Waals surface area contributed by atoms with E-state index in [1.54, 1.807) is 0 Å². The summed E-state index contributed by atoms with van der Waals surface area (Å²) in [6, 6.07) is 7.60. The highest BCUT2D eigenvalue weighted by molar-refractivity contribution is 8.00. The number of amides is 1. The van der Waals surface area contributed by atoms with Crippen molar-refractivity contribution >= 4 is 29.3 Å². The molecule has 0 aliphatic carbocycles. The van der Waals surface area contributed by atoms with Crippen LogP contribution in [0.15, 0.2) is 29.2 Å².